The van der Waals surface area contributed by atoms with Gasteiger partial charge in [0.05, 0.1) is 0 Å². The van der Waals surface area contributed by atoms with E-state index in [4.69, 9.17) is 0 Å². The maximum atomic E-state index is 2.33. The fourth-order valence-corrected chi connectivity index (χ4v) is 3.23. The molecule has 0 heterocycles. The summed E-state index contributed by atoms with van der Waals surface area (Å²) < 4.78 is 0. The largest absolute Gasteiger partial charge is 0.0587 e. The predicted octanol–water partition coefficient (Wildman–Crippen LogP) is 6.56. The van der Waals surface area contributed by atoms with Crippen LogP contribution in [0.5, 0.6) is 0 Å². The van der Waals surface area contributed by atoms with E-state index in [0.717, 1.165) is 0 Å². The van der Waals surface area contributed by atoms with Gasteiger partial charge in [-0.3, -0.25) is 0 Å². The molecule has 0 radical (unpaired) electrons. The minimum atomic E-state index is 1.30. The zero-order valence-corrected chi connectivity index (χ0v) is 14.7. The van der Waals surface area contributed by atoms with E-state index in [-0.39, 0.29) is 0 Å². The van der Waals surface area contributed by atoms with Gasteiger partial charge in [-0.05, 0) is 73.6 Å². The maximum Gasteiger partial charge on any atom is -0.0117 e. The van der Waals surface area contributed by atoms with E-state index in [2.05, 4.69) is 89.2 Å². The first-order chi connectivity index (χ1) is 11.0. The SMILES string of the molecule is Cc1ccc(-c2cc(C)c(C)c(-c3ccc(C)cc3)c2C)cc1. The van der Waals surface area contributed by atoms with Crippen LogP contribution in [0.3, 0.4) is 0 Å². The lowest BCUT2D eigenvalue weighted by Crippen LogP contribution is -1.96. The van der Waals surface area contributed by atoms with E-state index in [9.17, 15) is 0 Å². The molecule has 0 heteroatoms. The predicted molar refractivity (Wildman–Crippen MR) is 101 cm³/mol. The van der Waals surface area contributed by atoms with E-state index >= 15 is 0 Å². The maximum absolute atomic E-state index is 2.33. The average Bonchev–Trinajstić information content (AvgIpc) is 2.54. The second kappa shape index (κ2) is 6.04. The van der Waals surface area contributed by atoms with Crippen molar-refractivity contribution in [2.24, 2.45) is 0 Å². The highest BCUT2D eigenvalue weighted by molar-refractivity contribution is 5.81. The second-order valence-corrected chi connectivity index (χ2v) is 6.60. The fraction of sp³-hybridized carbons (Fsp3) is 0.217. The average molecular weight is 300 g/mol. The molecular weight excluding hydrogens is 276 g/mol. The zero-order chi connectivity index (χ0) is 16.6. The van der Waals surface area contributed by atoms with E-state index in [1.165, 1.54) is 50.1 Å². The summed E-state index contributed by atoms with van der Waals surface area (Å²) in [5, 5.41) is 0. The van der Waals surface area contributed by atoms with Crippen LogP contribution >= 0.6 is 0 Å². The topological polar surface area (TPSA) is 0 Å². The number of benzene rings is 3. The molecule has 0 spiro atoms. The van der Waals surface area contributed by atoms with Crippen LogP contribution in [0.2, 0.25) is 0 Å². The first-order valence-electron chi connectivity index (χ1n) is 8.22. The molecule has 0 aromatic heterocycles. The van der Waals surface area contributed by atoms with Gasteiger partial charge in [-0.1, -0.05) is 65.7 Å². The van der Waals surface area contributed by atoms with Gasteiger partial charge in [0, 0.05) is 0 Å². The van der Waals surface area contributed by atoms with Gasteiger partial charge in [-0.15, -0.1) is 0 Å². The van der Waals surface area contributed by atoms with Crippen molar-refractivity contribution in [3.8, 4) is 22.3 Å². The Morgan fingerprint density at radius 3 is 1.52 bits per heavy atom. The summed E-state index contributed by atoms with van der Waals surface area (Å²) in [7, 11) is 0. The Balaban J connectivity index is 2.24. The molecule has 0 aliphatic rings. The Labute approximate surface area is 139 Å². The molecular formula is C23H24. The van der Waals surface area contributed by atoms with E-state index < -0.39 is 0 Å². The Kier molecular flexibility index (Phi) is 4.09. The molecule has 0 aliphatic heterocycles. The first kappa shape index (κ1) is 15.6. The molecule has 0 bridgehead atoms. The monoisotopic (exact) mass is 300 g/mol. The Morgan fingerprint density at radius 1 is 0.522 bits per heavy atom. The second-order valence-electron chi connectivity index (χ2n) is 6.60. The van der Waals surface area contributed by atoms with Crippen molar-refractivity contribution in [1.29, 1.82) is 0 Å². The summed E-state index contributed by atoms with van der Waals surface area (Å²) in [6.07, 6.45) is 0. The van der Waals surface area contributed by atoms with Gasteiger partial charge in [-0.25, -0.2) is 0 Å². The van der Waals surface area contributed by atoms with Crippen LogP contribution < -0.4 is 0 Å². The minimum Gasteiger partial charge on any atom is -0.0587 e. The van der Waals surface area contributed by atoms with Gasteiger partial charge in [0.15, 0.2) is 0 Å². The molecule has 3 rings (SSSR count). The van der Waals surface area contributed by atoms with Gasteiger partial charge >= 0.3 is 0 Å². The summed E-state index contributed by atoms with van der Waals surface area (Å²) in [5.41, 5.74) is 12.0. The van der Waals surface area contributed by atoms with Gasteiger partial charge in [0.25, 0.3) is 0 Å². The summed E-state index contributed by atoms with van der Waals surface area (Å²) in [5.74, 6) is 0. The molecule has 0 fully saturated rings. The van der Waals surface area contributed by atoms with Crippen LogP contribution in [0.15, 0.2) is 54.6 Å². The van der Waals surface area contributed by atoms with Gasteiger partial charge in [0.2, 0.25) is 0 Å². The fourth-order valence-electron chi connectivity index (χ4n) is 3.23. The van der Waals surface area contributed by atoms with Crippen molar-refractivity contribution in [2.75, 3.05) is 0 Å². The lowest BCUT2D eigenvalue weighted by Gasteiger charge is -2.18. The van der Waals surface area contributed by atoms with E-state index in [0.29, 0.717) is 0 Å². The van der Waals surface area contributed by atoms with Crippen molar-refractivity contribution in [3.63, 3.8) is 0 Å². The molecule has 0 saturated heterocycles. The van der Waals surface area contributed by atoms with Gasteiger partial charge in [0.1, 0.15) is 0 Å². The molecule has 3 aromatic rings. The third-order valence-electron chi connectivity index (χ3n) is 4.81. The molecule has 0 saturated carbocycles. The summed E-state index contributed by atoms with van der Waals surface area (Å²) in [4.78, 5) is 0. The standard InChI is InChI=1S/C23H24/c1-15-6-10-20(11-7-15)22-14-17(3)18(4)23(19(22)5)21-12-8-16(2)9-13-21/h6-14H,1-5H3. The van der Waals surface area contributed by atoms with Crippen molar-refractivity contribution in [3.05, 3.63) is 82.4 Å². The summed E-state index contributed by atoms with van der Waals surface area (Å²) in [6.45, 7) is 11.0. The van der Waals surface area contributed by atoms with E-state index in [1.54, 1.807) is 0 Å². The van der Waals surface area contributed by atoms with Crippen molar-refractivity contribution >= 4 is 0 Å². The number of aryl methyl sites for hydroxylation is 3. The van der Waals surface area contributed by atoms with E-state index in [1.807, 2.05) is 0 Å². The van der Waals surface area contributed by atoms with Gasteiger partial charge in [-0.2, -0.15) is 0 Å². The molecule has 116 valence electrons. The third-order valence-corrected chi connectivity index (χ3v) is 4.81. The first-order valence-corrected chi connectivity index (χ1v) is 8.22. The highest BCUT2D eigenvalue weighted by atomic mass is 14.2. The van der Waals surface area contributed by atoms with Crippen LogP contribution in [0.4, 0.5) is 0 Å². The molecule has 0 N–H and O–H groups in total. The van der Waals surface area contributed by atoms with Crippen LogP contribution in [0, 0.1) is 34.6 Å². The smallest absolute Gasteiger partial charge is 0.0117 e. The molecule has 0 unspecified atom stereocenters. The quantitative estimate of drug-likeness (QED) is 0.502. The molecule has 0 nitrogen and oxygen atoms in total. The van der Waals surface area contributed by atoms with Crippen LogP contribution in [-0.2, 0) is 0 Å². The number of hydrogen-bond acceptors (Lipinski definition) is 0. The molecule has 0 amide bonds. The highest BCUT2D eigenvalue weighted by Gasteiger charge is 2.13. The molecule has 0 atom stereocenters. The van der Waals surface area contributed by atoms with Crippen LogP contribution in [0.25, 0.3) is 22.3 Å². The molecule has 0 aliphatic carbocycles. The van der Waals surface area contributed by atoms with Crippen LogP contribution in [0.1, 0.15) is 27.8 Å². The zero-order valence-electron chi connectivity index (χ0n) is 14.7. The molecule has 3 aromatic carbocycles. The summed E-state index contributed by atoms with van der Waals surface area (Å²) in [6, 6.07) is 20.0. The lowest BCUT2D eigenvalue weighted by atomic mass is 9.86. The number of hydrogen-bond donors (Lipinski definition) is 0. The Bertz CT molecular complexity index is 835. The number of rotatable bonds is 2. The third kappa shape index (κ3) is 2.94. The minimum absolute atomic E-state index is 1.30. The highest BCUT2D eigenvalue weighted by Crippen LogP contribution is 2.36. The Morgan fingerprint density at radius 2 is 1.00 bits per heavy atom. The van der Waals surface area contributed by atoms with Crippen molar-refractivity contribution in [2.45, 2.75) is 34.6 Å². The van der Waals surface area contributed by atoms with Crippen LogP contribution in [-0.4, -0.2) is 0 Å². The molecule has 23 heavy (non-hydrogen) atoms. The Hall–Kier alpha value is -2.34. The normalized spacial score (nSPS) is 10.8. The van der Waals surface area contributed by atoms with Gasteiger partial charge < -0.3 is 0 Å². The lowest BCUT2D eigenvalue weighted by molar-refractivity contribution is 1.29. The van der Waals surface area contributed by atoms with Crippen molar-refractivity contribution in [1.82, 2.24) is 0 Å². The van der Waals surface area contributed by atoms with Crippen molar-refractivity contribution < 1.29 is 0 Å². The summed E-state index contributed by atoms with van der Waals surface area (Å²) >= 11 is 0.